The molecule has 0 bridgehead atoms. The second-order valence-corrected chi connectivity index (χ2v) is 13.7. The molecular formula is C36H63NO3. The molecule has 3 saturated carbocycles. The lowest BCUT2D eigenvalue weighted by molar-refractivity contribution is -0.125. The molecule has 3 fully saturated rings. The Morgan fingerprint density at radius 1 is 1.07 bits per heavy atom. The van der Waals surface area contributed by atoms with Crippen LogP contribution in [0.4, 0.5) is 0 Å². The average Bonchev–Trinajstić information content (AvgIpc) is 3.26. The molecule has 0 aromatic rings. The molecule has 0 amide bonds. The van der Waals surface area contributed by atoms with Gasteiger partial charge >= 0.3 is 0 Å². The maximum absolute atomic E-state index is 11.6. The molecule has 230 valence electrons. The van der Waals surface area contributed by atoms with E-state index in [9.17, 15) is 15.0 Å². The van der Waals surface area contributed by atoms with Crippen LogP contribution in [0.5, 0.6) is 0 Å². The fourth-order valence-corrected chi connectivity index (χ4v) is 8.54. The highest BCUT2D eigenvalue weighted by molar-refractivity contribution is 5.75. The number of nitrogens with one attached hydrogen (secondary N) is 1. The fourth-order valence-electron chi connectivity index (χ4n) is 8.54. The number of carbonyl (C=O) groups excluding carboxylic acids is 1. The van der Waals surface area contributed by atoms with Crippen LogP contribution in [-0.4, -0.2) is 34.7 Å². The van der Waals surface area contributed by atoms with Gasteiger partial charge in [0.15, 0.2) is 0 Å². The number of aliphatic hydroxyl groups is 2. The molecular weight excluding hydrogens is 494 g/mol. The number of hydrogen-bond donors (Lipinski definition) is 3. The monoisotopic (exact) mass is 557 g/mol. The first-order valence-corrected chi connectivity index (χ1v) is 16.6. The summed E-state index contributed by atoms with van der Waals surface area (Å²) in [6.45, 7) is 19.9. The molecule has 0 spiro atoms. The van der Waals surface area contributed by atoms with Crippen LogP contribution in [0.25, 0.3) is 0 Å². The molecule has 0 saturated heterocycles. The van der Waals surface area contributed by atoms with E-state index in [0.717, 1.165) is 61.5 Å². The van der Waals surface area contributed by atoms with Crippen molar-refractivity contribution in [3.8, 4) is 0 Å². The lowest BCUT2D eigenvalue weighted by atomic mass is 9.46. The van der Waals surface area contributed by atoms with Crippen molar-refractivity contribution in [1.29, 1.82) is 0 Å². The zero-order valence-corrected chi connectivity index (χ0v) is 27.1. The van der Waals surface area contributed by atoms with Gasteiger partial charge in [0.25, 0.3) is 0 Å². The number of carbonyl (C=O) groups is 1. The molecule has 8 atom stereocenters. The Morgan fingerprint density at radius 2 is 1.80 bits per heavy atom. The molecule has 0 heterocycles. The van der Waals surface area contributed by atoms with E-state index >= 15 is 0 Å². The molecule has 0 radical (unpaired) electrons. The molecule has 40 heavy (non-hydrogen) atoms. The van der Waals surface area contributed by atoms with Crippen LogP contribution in [0.15, 0.2) is 36.1 Å². The molecule has 3 aliphatic rings. The Hall–Kier alpha value is -1.39. The summed E-state index contributed by atoms with van der Waals surface area (Å²) in [5.41, 5.74) is 1.67. The quantitative estimate of drug-likeness (QED) is 0.120. The third kappa shape index (κ3) is 8.57. The van der Waals surface area contributed by atoms with Crippen molar-refractivity contribution in [3.63, 3.8) is 0 Å². The Labute approximate surface area is 247 Å². The van der Waals surface area contributed by atoms with Crippen molar-refractivity contribution < 1.29 is 15.0 Å². The fraction of sp³-hybridized carbons (Fsp3) is 0.806. The Balaban J connectivity index is 0.000000296. The molecule has 3 N–H and O–H groups in total. The van der Waals surface area contributed by atoms with E-state index in [0.29, 0.717) is 17.2 Å². The van der Waals surface area contributed by atoms with Gasteiger partial charge in [-0.2, -0.15) is 0 Å². The molecule has 0 aliphatic heterocycles. The van der Waals surface area contributed by atoms with Crippen LogP contribution < -0.4 is 5.32 Å². The van der Waals surface area contributed by atoms with Crippen molar-refractivity contribution >= 4 is 5.78 Å². The highest BCUT2D eigenvalue weighted by atomic mass is 16.3. The number of aliphatic hydroxyl groups excluding tert-OH is 2. The van der Waals surface area contributed by atoms with Crippen LogP contribution in [0, 0.1) is 34.5 Å². The van der Waals surface area contributed by atoms with Gasteiger partial charge in [0.1, 0.15) is 11.5 Å². The van der Waals surface area contributed by atoms with Gasteiger partial charge in [-0.05, 0) is 132 Å². The number of ketones is 1. The summed E-state index contributed by atoms with van der Waals surface area (Å²) in [5.74, 6) is 3.61. The first-order chi connectivity index (χ1) is 19.0. The number of hydrogen-bond acceptors (Lipinski definition) is 4. The van der Waals surface area contributed by atoms with Gasteiger partial charge in [0, 0.05) is 12.5 Å². The zero-order chi connectivity index (χ0) is 29.9. The maximum atomic E-state index is 11.6. The molecule has 0 aromatic carbocycles. The molecule has 3 rings (SSSR count). The lowest BCUT2D eigenvalue weighted by Crippen LogP contribution is -2.52. The number of unbranched alkanes of at least 4 members (excludes halogenated alkanes) is 3. The number of rotatable bonds is 13. The maximum Gasteiger partial charge on any atom is 0.129 e. The topological polar surface area (TPSA) is 69.6 Å². The minimum atomic E-state index is -0.0683. The van der Waals surface area contributed by atoms with Gasteiger partial charge in [0.2, 0.25) is 0 Å². The van der Waals surface area contributed by atoms with E-state index in [2.05, 4.69) is 46.5 Å². The Kier molecular flexibility index (Phi) is 14.2. The first kappa shape index (κ1) is 34.8. The van der Waals surface area contributed by atoms with Crippen LogP contribution >= 0.6 is 0 Å². The minimum Gasteiger partial charge on any atom is -0.508 e. The van der Waals surface area contributed by atoms with Gasteiger partial charge in [-0.1, -0.05) is 65.2 Å². The predicted octanol–water partition coefficient (Wildman–Crippen LogP) is 9.10. The third-order valence-electron chi connectivity index (χ3n) is 11.5. The lowest BCUT2D eigenvalue weighted by Gasteiger charge is -2.59. The Morgan fingerprint density at radius 3 is 2.42 bits per heavy atom. The van der Waals surface area contributed by atoms with E-state index in [1.807, 2.05) is 6.92 Å². The number of allylic oxidation sites excluding steroid dienone is 3. The van der Waals surface area contributed by atoms with Crippen molar-refractivity contribution in [2.75, 3.05) is 6.54 Å². The van der Waals surface area contributed by atoms with Gasteiger partial charge in [-0.3, -0.25) is 0 Å². The number of Topliss-reactive ketones (excluding diaryl/α,β-unsaturated/α-hetero) is 1. The van der Waals surface area contributed by atoms with Crippen molar-refractivity contribution in [2.45, 2.75) is 144 Å². The highest BCUT2D eigenvalue weighted by Crippen LogP contribution is 2.65. The van der Waals surface area contributed by atoms with E-state index < -0.39 is 0 Å². The molecule has 4 heteroatoms. The Bertz CT molecular complexity index is 862. The zero-order valence-electron chi connectivity index (χ0n) is 27.1. The number of fused-ring (bicyclic) bond motifs is 3. The standard InChI is InChI=1S/C21H36O2.C15H27NO/c1-5-21-13-11-17-16(18(21)8-9-19(21)23)7-6-14(2)20(17,4)12-10-15(3)22;1-5-7-8-9-11-16-14(4)13(3)12-15(17)10-6-2/h14,16-19,23H,5-13H2,1-4H3;6,10,12,14,16-17H,2,5,7-9,11H2,1,3-4H3/b;13-12+,15-10+. The average molecular weight is 558 g/mol. The van der Waals surface area contributed by atoms with Crippen LogP contribution in [0.2, 0.25) is 0 Å². The summed E-state index contributed by atoms with van der Waals surface area (Å²) in [7, 11) is 0. The largest absolute Gasteiger partial charge is 0.508 e. The second-order valence-electron chi connectivity index (χ2n) is 13.7. The van der Waals surface area contributed by atoms with E-state index in [1.165, 1.54) is 57.8 Å². The predicted molar refractivity (Wildman–Crippen MR) is 170 cm³/mol. The SMILES string of the molecule is C=C/C=C(O)\C=C(/C)C(C)NCCCCCC.CCC12CCC3C(CCC(C)C3(C)CCC(C)=O)C1CCC2O. The van der Waals surface area contributed by atoms with Crippen LogP contribution in [0.1, 0.15) is 132 Å². The molecule has 3 aliphatic carbocycles. The molecule has 4 nitrogen and oxygen atoms in total. The van der Waals surface area contributed by atoms with Crippen molar-refractivity contribution in [2.24, 2.45) is 34.5 Å². The summed E-state index contributed by atoms with van der Waals surface area (Å²) in [4.78, 5) is 11.6. The smallest absolute Gasteiger partial charge is 0.129 e. The summed E-state index contributed by atoms with van der Waals surface area (Å²) in [6.07, 6.45) is 20.3. The van der Waals surface area contributed by atoms with Gasteiger partial charge in [-0.15, -0.1) is 0 Å². The first-order valence-electron chi connectivity index (χ1n) is 16.6. The van der Waals surface area contributed by atoms with Gasteiger partial charge in [-0.25, -0.2) is 0 Å². The van der Waals surface area contributed by atoms with E-state index in [1.54, 1.807) is 25.2 Å². The molecule has 0 aromatic heterocycles. The van der Waals surface area contributed by atoms with Gasteiger partial charge < -0.3 is 20.3 Å². The third-order valence-corrected chi connectivity index (χ3v) is 11.5. The highest BCUT2D eigenvalue weighted by Gasteiger charge is 2.59. The van der Waals surface area contributed by atoms with E-state index in [-0.39, 0.29) is 17.3 Å². The summed E-state index contributed by atoms with van der Waals surface area (Å²) < 4.78 is 0. The molecule has 8 unspecified atom stereocenters. The second kappa shape index (κ2) is 16.3. The van der Waals surface area contributed by atoms with Crippen molar-refractivity contribution in [3.05, 3.63) is 36.1 Å². The minimum absolute atomic E-state index is 0.0683. The van der Waals surface area contributed by atoms with Crippen LogP contribution in [-0.2, 0) is 4.79 Å². The van der Waals surface area contributed by atoms with Gasteiger partial charge in [0.05, 0.1) is 6.10 Å². The summed E-state index contributed by atoms with van der Waals surface area (Å²) >= 11 is 0. The summed E-state index contributed by atoms with van der Waals surface area (Å²) in [6, 6.07) is 0.303. The normalized spacial score (nSPS) is 34.8. The van der Waals surface area contributed by atoms with E-state index in [4.69, 9.17) is 0 Å². The van der Waals surface area contributed by atoms with Crippen molar-refractivity contribution in [1.82, 2.24) is 5.32 Å². The summed E-state index contributed by atoms with van der Waals surface area (Å²) in [5, 5.41) is 23.6. The van der Waals surface area contributed by atoms with Crippen LogP contribution in [0.3, 0.4) is 0 Å².